The van der Waals surface area contributed by atoms with Gasteiger partial charge in [-0.3, -0.25) is 0 Å². The number of aryl methyl sites for hydroxylation is 2. The fraction of sp³-hybridized carbons (Fsp3) is 0.188. The Morgan fingerprint density at radius 2 is 1.73 bits per heavy atom. The molecule has 0 aliphatic carbocycles. The van der Waals surface area contributed by atoms with Crippen LogP contribution in [0.15, 0.2) is 57.4 Å². The molecule has 0 radical (unpaired) electrons. The molecule has 0 atom stereocenters. The van der Waals surface area contributed by atoms with Crippen LogP contribution in [-0.4, -0.2) is 34.4 Å². The van der Waals surface area contributed by atoms with E-state index < -0.39 is 20.5 Å². The van der Waals surface area contributed by atoms with Gasteiger partial charge in [0.05, 0.1) is 10.6 Å². The lowest BCUT2D eigenvalue weighted by Gasteiger charge is -2.07. The van der Waals surface area contributed by atoms with Crippen molar-refractivity contribution in [2.24, 2.45) is 0 Å². The van der Waals surface area contributed by atoms with Crippen LogP contribution >= 0.6 is 11.8 Å². The van der Waals surface area contributed by atoms with Crippen LogP contribution in [0, 0.1) is 13.8 Å². The molecule has 0 N–H and O–H groups in total. The number of rotatable bonds is 5. The molecule has 0 bridgehead atoms. The summed E-state index contributed by atoms with van der Waals surface area (Å²) >= 11 is 1.20. The minimum atomic E-state index is -4.60. The van der Waals surface area contributed by atoms with Crippen LogP contribution in [0.5, 0.6) is 0 Å². The summed E-state index contributed by atoms with van der Waals surface area (Å²) < 4.78 is 49.7. The van der Waals surface area contributed by atoms with Crippen LogP contribution in [0.25, 0.3) is 5.69 Å². The number of hydrogen-bond donors (Lipinski definition) is 0. The molecular weight excluding hydrogens is 382 g/mol. The van der Waals surface area contributed by atoms with E-state index in [4.69, 9.17) is 0 Å². The molecule has 2 aromatic carbocycles. The number of sulfone groups is 1. The van der Waals surface area contributed by atoms with Gasteiger partial charge in [-0.1, -0.05) is 6.07 Å². The zero-order valence-corrected chi connectivity index (χ0v) is 15.4. The number of tetrazole rings is 1. The van der Waals surface area contributed by atoms with E-state index in [9.17, 15) is 17.2 Å². The lowest BCUT2D eigenvalue weighted by Crippen LogP contribution is -2.11. The minimum absolute atomic E-state index is 0.425. The van der Waals surface area contributed by atoms with Crippen molar-refractivity contribution in [3.8, 4) is 5.69 Å². The third-order valence-corrected chi connectivity index (χ3v) is 6.12. The summed E-state index contributed by atoms with van der Waals surface area (Å²) in [5, 5.41) is 12.1. The average molecular weight is 396 g/mol. The normalized spacial score (nSPS) is 11.9. The van der Waals surface area contributed by atoms with Crippen LogP contribution in [-0.2, 0) is 9.84 Å². The Morgan fingerprint density at radius 3 is 2.35 bits per heavy atom. The van der Waals surface area contributed by atoms with Crippen molar-refractivity contribution in [1.29, 1.82) is 0 Å². The Balaban J connectivity index is 1.87. The number of hydrogen-bond acceptors (Lipinski definition) is 6. The molecule has 6 nitrogen and oxygen atoms in total. The van der Waals surface area contributed by atoms with Crippen molar-refractivity contribution in [3.63, 3.8) is 0 Å². The van der Waals surface area contributed by atoms with Gasteiger partial charge in [0.25, 0.3) is 0 Å². The number of halogens is 2. The van der Waals surface area contributed by atoms with Crippen LogP contribution in [0.2, 0.25) is 0 Å². The largest absolute Gasteiger partial charge is 0.341 e. The maximum absolute atomic E-state index is 12.6. The van der Waals surface area contributed by atoms with E-state index in [1.807, 2.05) is 32.0 Å². The fourth-order valence-corrected chi connectivity index (χ4v) is 3.68. The summed E-state index contributed by atoms with van der Waals surface area (Å²) in [6, 6.07) is 11.0. The summed E-state index contributed by atoms with van der Waals surface area (Å²) in [6.45, 7) is 3.99. The number of aromatic nitrogens is 4. The van der Waals surface area contributed by atoms with Gasteiger partial charge in [-0.2, -0.15) is 13.5 Å². The molecule has 10 heteroatoms. The second kappa shape index (κ2) is 7.12. The summed E-state index contributed by atoms with van der Waals surface area (Å²) in [5.74, 6) is -3.45. The molecule has 0 spiro atoms. The molecule has 0 aliphatic heterocycles. The van der Waals surface area contributed by atoms with Gasteiger partial charge in [-0.15, -0.1) is 5.10 Å². The second-order valence-electron chi connectivity index (χ2n) is 5.52. The highest BCUT2D eigenvalue weighted by atomic mass is 32.2. The Kier molecular flexibility index (Phi) is 5.05. The first kappa shape index (κ1) is 18.5. The zero-order chi connectivity index (χ0) is 18.9. The molecular formula is C16H14F2N4O2S2. The SMILES string of the molecule is Cc1ccc(-n2nnnc2Sc2ccc(S(=O)(=O)C(F)F)cc2)cc1C. The van der Waals surface area contributed by atoms with Crippen molar-refractivity contribution in [1.82, 2.24) is 20.2 Å². The van der Waals surface area contributed by atoms with Crippen LogP contribution in [0.4, 0.5) is 8.78 Å². The first-order chi connectivity index (χ1) is 12.3. The molecule has 0 saturated carbocycles. The highest BCUT2D eigenvalue weighted by molar-refractivity contribution is 7.99. The average Bonchev–Trinajstić information content (AvgIpc) is 3.06. The van der Waals surface area contributed by atoms with Crippen LogP contribution < -0.4 is 0 Å². The molecule has 0 fully saturated rings. The first-order valence-electron chi connectivity index (χ1n) is 7.45. The van der Waals surface area contributed by atoms with E-state index >= 15 is 0 Å². The molecule has 0 saturated heterocycles. The molecule has 1 heterocycles. The summed E-state index contributed by atoms with van der Waals surface area (Å²) in [7, 11) is -4.60. The van der Waals surface area contributed by atoms with Gasteiger partial charge in [0.2, 0.25) is 15.0 Å². The standard InChI is InChI=1S/C16H14F2N4O2S2/c1-10-3-4-12(9-11(10)2)22-16(19-20-21-22)25-13-5-7-14(8-6-13)26(23,24)15(17)18/h3-9,15H,1-2H3. The molecule has 3 rings (SSSR count). The van der Waals surface area contributed by atoms with Crippen molar-refractivity contribution in [2.45, 2.75) is 34.6 Å². The molecule has 0 amide bonds. The maximum atomic E-state index is 12.6. The van der Waals surface area contributed by atoms with Gasteiger partial charge >= 0.3 is 5.76 Å². The van der Waals surface area contributed by atoms with E-state index in [1.54, 1.807) is 4.68 Å². The molecule has 1 aromatic heterocycles. The van der Waals surface area contributed by atoms with Crippen molar-refractivity contribution in [3.05, 3.63) is 53.6 Å². The number of nitrogens with zero attached hydrogens (tertiary/aromatic N) is 4. The van der Waals surface area contributed by atoms with E-state index in [0.29, 0.717) is 10.1 Å². The molecule has 3 aromatic rings. The van der Waals surface area contributed by atoms with Crippen LogP contribution in [0.3, 0.4) is 0 Å². The lowest BCUT2D eigenvalue weighted by molar-refractivity contribution is 0.234. The van der Waals surface area contributed by atoms with Gasteiger partial charge in [0.1, 0.15) is 0 Å². The zero-order valence-electron chi connectivity index (χ0n) is 13.8. The molecule has 26 heavy (non-hydrogen) atoms. The fourth-order valence-electron chi connectivity index (χ4n) is 2.17. The smallest absolute Gasteiger partial charge is 0.218 e. The van der Waals surface area contributed by atoms with Crippen molar-refractivity contribution < 1.29 is 17.2 Å². The second-order valence-corrected chi connectivity index (χ2v) is 8.48. The van der Waals surface area contributed by atoms with Gasteiger partial charge < -0.3 is 0 Å². The van der Waals surface area contributed by atoms with Gasteiger partial charge in [-0.25, -0.2) is 8.42 Å². The third-order valence-electron chi connectivity index (χ3n) is 3.77. The highest BCUT2D eigenvalue weighted by Gasteiger charge is 2.26. The topological polar surface area (TPSA) is 77.7 Å². The number of benzene rings is 2. The van der Waals surface area contributed by atoms with Gasteiger partial charge in [0, 0.05) is 4.90 Å². The molecule has 0 unspecified atom stereocenters. The molecule has 0 aliphatic rings. The van der Waals surface area contributed by atoms with Crippen LogP contribution in [0.1, 0.15) is 11.1 Å². The predicted octanol–water partition coefficient (Wildman–Crippen LogP) is 3.43. The third kappa shape index (κ3) is 3.61. The van der Waals surface area contributed by atoms with Gasteiger partial charge in [0.15, 0.2) is 0 Å². The molecule has 136 valence electrons. The monoisotopic (exact) mass is 396 g/mol. The summed E-state index contributed by atoms with van der Waals surface area (Å²) in [5.41, 5.74) is 3.03. The Hall–Kier alpha value is -2.33. The summed E-state index contributed by atoms with van der Waals surface area (Å²) in [6.07, 6.45) is 0. The lowest BCUT2D eigenvalue weighted by atomic mass is 10.1. The Morgan fingerprint density at radius 1 is 1.04 bits per heavy atom. The van der Waals surface area contributed by atoms with Crippen molar-refractivity contribution >= 4 is 21.6 Å². The quantitative estimate of drug-likeness (QED) is 0.658. The van der Waals surface area contributed by atoms with E-state index in [1.165, 1.54) is 23.9 Å². The number of alkyl halides is 2. The predicted molar refractivity (Wildman–Crippen MR) is 92.4 cm³/mol. The van der Waals surface area contributed by atoms with Crippen molar-refractivity contribution in [2.75, 3.05) is 0 Å². The van der Waals surface area contributed by atoms with E-state index in [0.717, 1.165) is 28.9 Å². The highest BCUT2D eigenvalue weighted by Crippen LogP contribution is 2.29. The first-order valence-corrected chi connectivity index (χ1v) is 9.81. The Labute approximate surface area is 153 Å². The Bertz CT molecular complexity index is 1030. The van der Waals surface area contributed by atoms with E-state index in [2.05, 4.69) is 15.5 Å². The summed E-state index contributed by atoms with van der Waals surface area (Å²) in [4.78, 5) is 0.198. The minimum Gasteiger partial charge on any atom is -0.218 e. The maximum Gasteiger partial charge on any atom is 0.341 e. The van der Waals surface area contributed by atoms with E-state index in [-0.39, 0.29) is 0 Å². The van der Waals surface area contributed by atoms with Gasteiger partial charge in [-0.05, 0) is 83.6 Å².